The topological polar surface area (TPSA) is 57.8 Å². The lowest BCUT2D eigenvalue weighted by atomic mass is 10.2. The summed E-state index contributed by atoms with van der Waals surface area (Å²) in [6, 6.07) is 6.68. The zero-order valence-electron chi connectivity index (χ0n) is 10.7. The van der Waals surface area contributed by atoms with Gasteiger partial charge in [0.2, 0.25) is 0 Å². The third kappa shape index (κ3) is 2.30. The maximum Gasteiger partial charge on any atom is 0.268 e. The van der Waals surface area contributed by atoms with Gasteiger partial charge in [-0.3, -0.25) is 4.79 Å². The van der Waals surface area contributed by atoms with E-state index in [0.29, 0.717) is 21.7 Å². The van der Waals surface area contributed by atoms with Crippen LogP contribution in [0.25, 0.3) is 10.2 Å². The Morgan fingerprint density at radius 3 is 3.05 bits per heavy atom. The molecule has 2 N–H and O–H groups in total. The van der Waals surface area contributed by atoms with Crippen LogP contribution < -0.4 is 10.9 Å². The van der Waals surface area contributed by atoms with Gasteiger partial charge in [-0.25, -0.2) is 9.37 Å². The first-order chi connectivity index (χ1) is 9.65. The van der Waals surface area contributed by atoms with Gasteiger partial charge in [-0.1, -0.05) is 12.1 Å². The summed E-state index contributed by atoms with van der Waals surface area (Å²) in [7, 11) is 0. The Labute approximate surface area is 118 Å². The van der Waals surface area contributed by atoms with Gasteiger partial charge < -0.3 is 10.3 Å². The van der Waals surface area contributed by atoms with Crippen LogP contribution in [0.1, 0.15) is 11.4 Å². The average molecular weight is 289 g/mol. The summed E-state index contributed by atoms with van der Waals surface area (Å²) in [5.41, 5.74) is 1.75. The van der Waals surface area contributed by atoms with Crippen LogP contribution in [0.15, 0.2) is 34.4 Å². The molecule has 0 spiro atoms. The fourth-order valence-electron chi connectivity index (χ4n) is 2.03. The maximum absolute atomic E-state index is 13.7. The van der Waals surface area contributed by atoms with E-state index in [2.05, 4.69) is 15.3 Å². The molecule has 1 aromatic carbocycles. The number of rotatable bonds is 3. The third-order valence-electron chi connectivity index (χ3n) is 3.02. The highest BCUT2D eigenvalue weighted by Gasteiger charge is 2.07. The number of aromatic nitrogens is 2. The molecule has 102 valence electrons. The lowest BCUT2D eigenvalue weighted by molar-refractivity contribution is 0.628. The smallest absolute Gasteiger partial charge is 0.268 e. The first-order valence-electron chi connectivity index (χ1n) is 6.10. The number of nitrogens with one attached hydrogen (secondary N) is 2. The van der Waals surface area contributed by atoms with E-state index in [9.17, 15) is 9.18 Å². The van der Waals surface area contributed by atoms with Gasteiger partial charge in [0, 0.05) is 0 Å². The molecule has 0 unspecified atom stereocenters. The molecule has 3 rings (SSSR count). The average Bonchev–Trinajstić information content (AvgIpc) is 2.87. The van der Waals surface area contributed by atoms with E-state index in [1.807, 2.05) is 18.4 Å². The Morgan fingerprint density at radius 2 is 2.25 bits per heavy atom. The van der Waals surface area contributed by atoms with Crippen LogP contribution in [-0.2, 0) is 6.54 Å². The zero-order valence-corrected chi connectivity index (χ0v) is 11.6. The van der Waals surface area contributed by atoms with Crippen LogP contribution in [0.3, 0.4) is 0 Å². The molecule has 0 atom stereocenters. The number of anilines is 1. The van der Waals surface area contributed by atoms with E-state index >= 15 is 0 Å². The highest BCUT2D eigenvalue weighted by atomic mass is 32.1. The Kier molecular flexibility index (Phi) is 3.23. The number of aryl methyl sites for hydroxylation is 1. The van der Waals surface area contributed by atoms with Crippen molar-refractivity contribution in [1.82, 2.24) is 9.97 Å². The molecular weight excluding hydrogens is 277 g/mol. The lowest BCUT2D eigenvalue weighted by Gasteiger charge is -2.09. The predicted molar refractivity (Wildman–Crippen MR) is 78.7 cm³/mol. The number of hydrogen-bond acceptors (Lipinski definition) is 4. The molecule has 20 heavy (non-hydrogen) atoms. The molecule has 0 aliphatic rings. The van der Waals surface area contributed by atoms with Crippen LogP contribution >= 0.6 is 11.3 Å². The highest BCUT2D eigenvalue weighted by Crippen LogP contribution is 2.19. The van der Waals surface area contributed by atoms with Gasteiger partial charge in [-0.05, 0) is 30.0 Å². The maximum atomic E-state index is 13.7. The number of hydrogen-bond donors (Lipinski definition) is 2. The summed E-state index contributed by atoms with van der Waals surface area (Å²) in [6.45, 7) is 2.09. The van der Waals surface area contributed by atoms with E-state index in [0.717, 1.165) is 5.56 Å². The van der Waals surface area contributed by atoms with Crippen molar-refractivity contribution in [2.75, 3.05) is 5.32 Å². The summed E-state index contributed by atoms with van der Waals surface area (Å²) >= 11 is 1.36. The Morgan fingerprint density at radius 1 is 1.40 bits per heavy atom. The van der Waals surface area contributed by atoms with E-state index in [-0.39, 0.29) is 17.9 Å². The number of halogens is 1. The van der Waals surface area contributed by atoms with Crippen molar-refractivity contribution in [3.8, 4) is 0 Å². The number of aromatic amines is 1. The Hall–Kier alpha value is -2.21. The monoisotopic (exact) mass is 289 g/mol. The fraction of sp³-hybridized carbons (Fsp3) is 0.143. The summed E-state index contributed by atoms with van der Waals surface area (Å²) in [6.07, 6.45) is 0. The van der Waals surface area contributed by atoms with Crippen molar-refractivity contribution in [2.45, 2.75) is 13.5 Å². The van der Waals surface area contributed by atoms with Crippen LogP contribution in [0.2, 0.25) is 0 Å². The molecule has 0 saturated carbocycles. The number of para-hydroxylation sites is 1. The predicted octanol–water partition coefficient (Wildman–Crippen LogP) is 3.04. The molecule has 2 heterocycles. The second-order valence-corrected chi connectivity index (χ2v) is 5.35. The molecule has 4 nitrogen and oxygen atoms in total. The number of nitrogens with zero attached hydrogens (tertiary/aromatic N) is 1. The molecule has 0 fully saturated rings. The van der Waals surface area contributed by atoms with Crippen molar-refractivity contribution in [3.63, 3.8) is 0 Å². The summed E-state index contributed by atoms with van der Waals surface area (Å²) in [4.78, 5) is 18.9. The van der Waals surface area contributed by atoms with E-state index in [1.54, 1.807) is 12.1 Å². The second-order valence-electron chi connectivity index (χ2n) is 4.43. The van der Waals surface area contributed by atoms with Gasteiger partial charge in [0.25, 0.3) is 5.56 Å². The minimum absolute atomic E-state index is 0.160. The van der Waals surface area contributed by atoms with E-state index in [1.165, 1.54) is 17.4 Å². The van der Waals surface area contributed by atoms with Crippen molar-refractivity contribution < 1.29 is 4.39 Å². The summed E-state index contributed by atoms with van der Waals surface area (Å²) in [5, 5.41) is 4.80. The molecule has 0 amide bonds. The van der Waals surface area contributed by atoms with Gasteiger partial charge >= 0.3 is 0 Å². The quantitative estimate of drug-likeness (QED) is 0.779. The molecular formula is C14H12FN3OS. The second kappa shape index (κ2) is 5.05. The zero-order chi connectivity index (χ0) is 14.1. The molecule has 3 aromatic rings. The Balaban J connectivity index is 1.88. The molecule has 2 aromatic heterocycles. The highest BCUT2D eigenvalue weighted by molar-refractivity contribution is 7.17. The van der Waals surface area contributed by atoms with Crippen molar-refractivity contribution >= 4 is 27.2 Å². The molecule has 0 bridgehead atoms. The third-order valence-corrected chi connectivity index (χ3v) is 3.92. The first kappa shape index (κ1) is 12.8. The standard InChI is InChI=1S/C14H12FN3OS/c1-8-3-2-4-9(15)12(8)16-7-11-17-10-5-6-20-13(10)14(19)18-11/h2-6,16H,7H2,1H3,(H,17,18,19). The summed E-state index contributed by atoms with van der Waals surface area (Å²) < 4.78 is 14.3. The minimum Gasteiger partial charge on any atom is -0.375 e. The summed E-state index contributed by atoms with van der Waals surface area (Å²) in [5.74, 6) is 0.174. The molecule has 0 saturated heterocycles. The lowest BCUT2D eigenvalue weighted by Crippen LogP contribution is -2.14. The molecule has 0 radical (unpaired) electrons. The number of thiophene rings is 1. The van der Waals surface area contributed by atoms with E-state index in [4.69, 9.17) is 0 Å². The van der Waals surface area contributed by atoms with Crippen LogP contribution in [0.5, 0.6) is 0 Å². The molecule has 0 aliphatic heterocycles. The number of fused-ring (bicyclic) bond motifs is 1. The van der Waals surface area contributed by atoms with Gasteiger partial charge in [-0.15, -0.1) is 11.3 Å². The minimum atomic E-state index is -0.316. The van der Waals surface area contributed by atoms with Gasteiger partial charge in [-0.2, -0.15) is 0 Å². The number of benzene rings is 1. The normalized spacial score (nSPS) is 10.9. The van der Waals surface area contributed by atoms with Crippen LogP contribution in [0.4, 0.5) is 10.1 Å². The van der Waals surface area contributed by atoms with Crippen molar-refractivity contribution in [1.29, 1.82) is 0 Å². The molecule has 6 heteroatoms. The number of H-pyrrole nitrogens is 1. The van der Waals surface area contributed by atoms with Gasteiger partial charge in [0.05, 0.1) is 17.7 Å². The van der Waals surface area contributed by atoms with Crippen LogP contribution in [-0.4, -0.2) is 9.97 Å². The van der Waals surface area contributed by atoms with Gasteiger partial charge in [0.1, 0.15) is 16.3 Å². The van der Waals surface area contributed by atoms with Crippen molar-refractivity contribution in [3.05, 3.63) is 57.2 Å². The van der Waals surface area contributed by atoms with Gasteiger partial charge in [0.15, 0.2) is 0 Å². The SMILES string of the molecule is Cc1cccc(F)c1NCc1nc2ccsc2c(=O)[nH]1. The molecule has 0 aliphatic carbocycles. The van der Waals surface area contributed by atoms with Crippen LogP contribution in [0, 0.1) is 12.7 Å². The van der Waals surface area contributed by atoms with Crippen molar-refractivity contribution in [2.24, 2.45) is 0 Å². The van der Waals surface area contributed by atoms with E-state index < -0.39 is 0 Å². The first-order valence-corrected chi connectivity index (χ1v) is 6.98. The fourth-order valence-corrected chi connectivity index (χ4v) is 2.76. The Bertz CT molecular complexity index is 804. The largest absolute Gasteiger partial charge is 0.375 e.